The lowest BCUT2D eigenvalue weighted by atomic mass is 10.0. The van der Waals surface area contributed by atoms with Gasteiger partial charge in [0.2, 0.25) is 10.0 Å². The van der Waals surface area contributed by atoms with Gasteiger partial charge in [0.25, 0.3) is 0 Å². The Morgan fingerprint density at radius 1 is 1.05 bits per heavy atom. The van der Waals surface area contributed by atoms with Crippen molar-refractivity contribution in [2.24, 2.45) is 0 Å². The summed E-state index contributed by atoms with van der Waals surface area (Å²) in [6.45, 7) is 1.86. The van der Waals surface area contributed by atoms with Gasteiger partial charge in [-0.05, 0) is 35.7 Å². The first kappa shape index (κ1) is 14.3. The second-order valence-corrected chi connectivity index (χ2v) is 6.87. The van der Waals surface area contributed by atoms with Gasteiger partial charge in [-0.3, -0.25) is 0 Å². The van der Waals surface area contributed by atoms with Gasteiger partial charge in [0, 0.05) is 13.1 Å². The molecule has 1 heterocycles. The van der Waals surface area contributed by atoms with Gasteiger partial charge in [-0.1, -0.05) is 42.5 Å². The van der Waals surface area contributed by atoms with E-state index < -0.39 is 10.0 Å². The summed E-state index contributed by atoms with van der Waals surface area (Å²) in [6.07, 6.45) is 0.748. The zero-order valence-corrected chi connectivity index (χ0v) is 12.5. The van der Waals surface area contributed by atoms with Crippen molar-refractivity contribution in [2.45, 2.75) is 24.4 Å². The van der Waals surface area contributed by atoms with Crippen LogP contribution in [-0.4, -0.2) is 15.0 Å². The summed E-state index contributed by atoms with van der Waals surface area (Å²) in [4.78, 5) is 0.414. The molecule has 4 nitrogen and oxygen atoms in total. The van der Waals surface area contributed by atoms with Crippen LogP contribution in [0.15, 0.2) is 53.4 Å². The molecule has 110 valence electrons. The summed E-state index contributed by atoms with van der Waals surface area (Å²) in [5.74, 6) is 0. The van der Waals surface area contributed by atoms with Crippen molar-refractivity contribution in [1.29, 1.82) is 0 Å². The highest BCUT2D eigenvalue weighted by Crippen LogP contribution is 2.22. The van der Waals surface area contributed by atoms with Crippen molar-refractivity contribution in [3.63, 3.8) is 0 Å². The molecule has 3 rings (SSSR count). The molecule has 0 fully saturated rings. The number of hydrogen-bond donors (Lipinski definition) is 2. The molecule has 1 aliphatic rings. The Balaban J connectivity index is 1.85. The third-order valence-corrected chi connectivity index (χ3v) is 5.18. The molecule has 0 radical (unpaired) electrons. The normalized spacial score (nSPS) is 14.7. The smallest absolute Gasteiger partial charge is 0.241 e. The summed E-state index contributed by atoms with van der Waals surface area (Å²) in [5, 5.41) is 3.26. The van der Waals surface area contributed by atoms with E-state index in [0.29, 0.717) is 11.4 Å². The second kappa shape index (κ2) is 5.97. The van der Waals surface area contributed by atoms with E-state index in [9.17, 15) is 8.42 Å². The number of nitrogens with one attached hydrogen (secondary N) is 2. The van der Waals surface area contributed by atoms with Gasteiger partial charge in [-0.2, -0.15) is 0 Å². The Kier molecular flexibility index (Phi) is 4.05. The molecule has 0 unspecified atom stereocenters. The Hall–Kier alpha value is -1.69. The van der Waals surface area contributed by atoms with E-state index >= 15 is 0 Å². The topological polar surface area (TPSA) is 58.2 Å². The van der Waals surface area contributed by atoms with Crippen LogP contribution in [0.1, 0.15) is 16.7 Å². The molecule has 21 heavy (non-hydrogen) atoms. The highest BCUT2D eigenvalue weighted by Gasteiger charge is 2.21. The Morgan fingerprint density at radius 3 is 2.67 bits per heavy atom. The van der Waals surface area contributed by atoms with Gasteiger partial charge >= 0.3 is 0 Å². The van der Waals surface area contributed by atoms with Gasteiger partial charge in [0.15, 0.2) is 0 Å². The minimum Gasteiger partial charge on any atom is -0.312 e. The fraction of sp³-hybridized carbons (Fsp3) is 0.250. The zero-order chi connectivity index (χ0) is 14.7. The van der Waals surface area contributed by atoms with Gasteiger partial charge in [-0.15, -0.1) is 0 Å². The molecule has 2 aromatic carbocycles. The number of sulfonamides is 1. The van der Waals surface area contributed by atoms with Crippen LogP contribution >= 0.6 is 0 Å². The van der Waals surface area contributed by atoms with Crippen LogP contribution < -0.4 is 10.0 Å². The molecule has 0 atom stereocenters. The number of fused-ring (bicyclic) bond motifs is 1. The highest BCUT2D eigenvalue weighted by atomic mass is 32.2. The number of hydrogen-bond acceptors (Lipinski definition) is 3. The van der Waals surface area contributed by atoms with Crippen molar-refractivity contribution in [3.8, 4) is 0 Å². The van der Waals surface area contributed by atoms with Crippen LogP contribution in [0.2, 0.25) is 0 Å². The lowest BCUT2D eigenvalue weighted by Crippen LogP contribution is -2.29. The van der Waals surface area contributed by atoms with E-state index in [1.54, 1.807) is 6.07 Å². The van der Waals surface area contributed by atoms with Crippen LogP contribution in [0.25, 0.3) is 0 Å². The number of rotatable bonds is 4. The maximum Gasteiger partial charge on any atom is 0.241 e. The summed E-state index contributed by atoms with van der Waals surface area (Å²) in [5.41, 5.74) is 2.97. The molecule has 0 saturated carbocycles. The van der Waals surface area contributed by atoms with Gasteiger partial charge in [-0.25, -0.2) is 13.1 Å². The molecule has 0 bridgehead atoms. The standard InChI is InChI=1S/C16H18N2O2S/c19-21(20,18-11-13-5-2-1-3-6-13)16-8-4-7-14-12-17-10-9-15(14)16/h1-8,17-18H,9-12H2. The van der Waals surface area contributed by atoms with Crippen LogP contribution in [-0.2, 0) is 29.5 Å². The molecule has 2 aromatic rings. The summed E-state index contributed by atoms with van der Waals surface area (Å²) >= 11 is 0. The molecule has 0 aliphatic carbocycles. The molecule has 1 aliphatic heterocycles. The predicted octanol–water partition coefficient (Wildman–Crippen LogP) is 1.81. The van der Waals surface area contributed by atoms with Crippen molar-refractivity contribution >= 4 is 10.0 Å². The van der Waals surface area contributed by atoms with Crippen LogP contribution in [0.4, 0.5) is 0 Å². The molecule has 2 N–H and O–H groups in total. The first-order valence-corrected chi connectivity index (χ1v) is 8.50. The van der Waals surface area contributed by atoms with E-state index in [2.05, 4.69) is 10.0 Å². The molecule has 5 heteroatoms. The molecular formula is C16H18N2O2S. The maximum atomic E-state index is 12.5. The minimum atomic E-state index is -3.48. The fourth-order valence-corrected chi connectivity index (χ4v) is 3.93. The molecule has 0 amide bonds. The maximum absolute atomic E-state index is 12.5. The van der Waals surface area contributed by atoms with E-state index in [0.717, 1.165) is 36.2 Å². The molecular weight excluding hydrogens is 284 g/mol. The SMILES string of the molecule is O=S(=O)(NCc1ccccc1)c1cccc2c1CCNC2. The average Bonchev–Trinajstić information content (AvgIpc) is 2.53. The molecule has 0 saturated heterocycles. The third-order valence-electron chi connectivity index (χ3n) is 3.70. The lowest BCUT2D eigenvalue weighted by molar-refractivity contribution is 0.575. The largest absolute Gasteiger partial charge is 0.312 e. The van der Waals surface area contributed by atoms with Crippen molar-refractivity contribution in [1.82, 2.24) is 10.0 Å². The predicted molar refractivity (Wildman–Crippen MR) is 82.3 cm³/mol. The van der Waals surface area contributed by atoms with E-state index in [1.807, 2.05) is 42.5 Å². The molecule has 0 aromatic heterocycles. The Bertz CT molecular complexity index is 727. The summed E-state index contributed by atoms with van der Waals surface area (Å²) < 4.78 is 27.8. The van der Waals surface area contributed by atoms with Crippen molar-refractivity contribution in [3.05, 3.63) is 65.2 Å². The van der Waals surface area contributed by atoms with E-state index in [1.165, 1.54) is 0 Å². The first-order chi connectivity index (χ1) is 10.2. The first-order valence-electron chi connectivity index (χ1n) is 7.02. The quantitative estimate of drug-likeness (QED) is 0.905. The van der Waals surface area contributed by atoms with Gasteiger partial charge in [0.1, 0.15) is 0 Å². The van der Waals surface area contributed by atoms with Gasteiger partial charge in [0.05, 0.1) is 4.90 Å². The highest BCUT2D eigenvalue weighted by molar-refractivity contribution is 7.89. The average molecular weight is 302 g/mol. The fourth-order valence-electron chi connectivity index (χ4n) is 2.60. The Labute approximate surface area is 125 Å². The summed E-state index contributed by atoms with van der Waals surface area (Å²) in [6, 6.07) is 15.0. The monoisotopic (exact) mass is 302 g/mol. The van der Waals surface area contributed by atoms with Crippen LogP contribution in [0.5, 0.6) is 0 Å². The van der Waals surface area contributed by atoms with Crippen LogP contribution in [0, 0.1) is 0 Å². The second-order valence-electron chi connectivity index (χ2n) is 5.13. The summed E-state index contributed by atoms with van der Waals surface area (Å²) in [7, 11) is -3.48. The Morgan fingerprint density at radius 2 is 1.86 bits per heavy atom. The van der Waals surface area contributed by atoms with Gasteiger partial charge < -0.3 is 5.32 Å². The third kappa shape index (κ3) is 3.15. The van der Waals surface area contributed by atoms with E-state index in [4.69, 9.17) is 0 Å². The van der Waals surface area contributed by atoms with Crippen molar-refractivity contribution < 1.29 is 8.42 Å². The zero-order valence-electron chi connectivity index (χ0n) is 11.7. The van der Waals surface area contributed by atoms with E-state index in [-0.39, 0.29) is 0 Å². The minimum absolute atomic E-state index is 0.311. The van der Waals surface area contributed by atoms with Crippen molar-refractivity contribution in [2.75, 3.05) is 6.54 Å². The van der Waals surface area contributed by atoms with Crippen LogP contribution in [0.3, 0.4) is 0 Å². The lowest BCUT2D eigenvalue weighted by Gasteiger charge is -2.20. The molecule has 0 spiro atoms. The number of benzene rings is 2.